The van der Waals surface area contributed by atoms with Crippen molar-refractivity contribution in [1.29, 1.82) is 0 Å². The maximum absolute atomic E-state index is 6.11. The summed E-state index contributed by atoms with van der Waals surface area (Å²) in [4.78, 5) is 0. The molecular weight excluding hydrogens is 304 g/mol. The number of halogens is 2. The molecule has 2 aromatic rings. The molecule has 1 heterocycles. The minimum atomic E-state index is 0.425. The Balaban J connectivity index is 2.04. The van der Waals surface area contributed by atoms with Crippen molar-refractivity contribution in [2.24, 2.45) is 7.05 Å². The van der Waals surface area contributed by atoms with Crippen LogP contribution in [0.4, 0.5) is 0 Å². The standard InChI is InChI=1S/C12H12BrClN2O/c1-16-5-4-10(15-16)8-17-12-3-2-9(7-13)6-11(12)14/h2-6H,7-8H2,1H3. The molecule has 0 aliphatic heterocycles. The van der Waals surface area contributed by atoms with E-state index in [0.29, 0.717) is 17.4 Å². The van der Waals surface area contributed by atoms with Crippen LogP contribution in [0.3, 0.4) is 0 Å². The molecule has 2 rings (SSSR count). The maximum Gasteiger partial charge on any atom is 0.138 e. The molecule has 0 unspecified atom stereocenters. The fourth-order valence-electron chi connectivity index (χ4n) is 1.44. The zero-order valence-electron chi connectivity index (χ0n) is 9.36. The van der Waals surface area contributed by atoms with Gasteiger partial charge in [-0.25, -0.2) is 0 Å². The van der Waals surface area contributed by atoms with Crippen LogP contribution in [0.5, 0.6) is 5.75 Å². The molecule has 1 aromatic heterocycles. The zero-order chi connectivity index (χ0) is 12.3. The summed E-state index contributed by atoms with van der Waals surface area (Å²) >= 11 is 9.49. The lowest BCUT2D eigenvalue weighted by molar-refractivity contribution is 0.300. The second kappa shape index (κ2) is 5.56. The number of alkyl halides is 1. The van der Waals surface area contributed by atoms with Gasteiger partial charge in [-0.1, -0.05) is 33.6 Å². The minimum absolute atomic E-state index is 0.425. The Morgan fingerprint density at radius 2 is 2.24 bits per heavy atom. The van der Waals surface area contributed by atoms with E-state index in [1.165, 1.54) is 0 Å². The Morgan fingerprint density at radius 1 is 1.41 bits per heavy atom. The first-order valence-corrected chi connectivity index (χ1v) is 6.64. The Hall–Kier alpha value is -1.00. The lowest BCUT2D eigenvalue weighted by atomic mass is 10.2. The fraction of sp³-hybridized carbons (Fsp3) is 0.250. The highest BCUT2D eigenvalue weighted by atomic mass is 79.9. The normalized spacial score (nSPS) is 10.5. The van der Waals surface area contributed by atoms with E-state index in [9.17, 15) is 0 Å². The number of aromatic nitrogens is 2. The molecule has 3 nitrogen and oxygen atoms in total. The molecule has 0 bridgehead atoms. The van der Waals surface area contributed by atoms with Crippen LogP contribution < -0.4 is 4.74 Å². The molecule has 1 aromatic carbocycles. The van der Waals surface area contributed by atoms with E-state index in [1.807, 2.05) is 37.5 Å². The predicted octanol–water partition coefficient (Wildman–Crippen LogP) is 3.55. The molecule has 5 heteroatoms. The molecule has 0 spiro atoms. The number of hydrogen-bond donors (Lipinski definition) is 0. The summed E-state index contributed by atoms with van der Waals surface area (Å²) in [6, 6.07) is 7.67. The van der Waals surface area contributed by atoms with Crippen LogP contribution in [-0.4, -0.2) is 9.78 Å². The molecule has 0 saturated heterocycles. The van der Waals surface area contributed by atoms with Gasteiger partial charge in [0.25, 0.3) is 0 Å². The lowest BCUT2D eigenvalue weighted by Gasteiger charge is -2.07. The summed E-state index contributed by atoms with van der Waals surface area (Å²) in [6.45, 7) is 0.425. The molecule has 0 atom stereocenters. The zero-order valence-corrected chi connectivity index (χ0v) is 11.7. The molecule has 17 heavy (non-hydrogen) atoms. The summed E-state index contributed by atoms with van der Waals surface area (Å²) < 4.78 is 7.36. The Labute approximate surface area is 113 Å². The van der Waals surface area contributed by atoms with Crippen molar-refractivity contribution in [3.8, 4) is 5.75 Å². The van der Waals surface area contributed by atoms with Gasteiger partial charge in [-0.05, 0) is 23.8 Å². The van der Waals surface area contributed by atoms with Gasteiger partial charge < -0.3 is 4.74 Å². The molecule has 0 fully saturated rings. The van der Waals surface area contributed by atoms with Crippen LogP contribution in [0.25, 0.3) is 0 Å². The van der Waals surface area contributed by atoms with E-state index < -0.39 is 0 Å². The summed E-state index contributed by atoms with van der Waals surface area (Å²) in [5.74, 6) is 0.682. The summed E-state index contributed by atoms with van der Waals surface area (Å²) in [5.41, 5.74) is 2.01. The van der Waals surface area contributed by atoms with E-state index in [0.717, 1.165) is 16.6 Å². The highest BCUT2D eigenvalue weighted by Gasteiger charge is 2.04. The van der Waals surface area contributed by atoms with Crippen LogP contribution in [0, 0.1) is 0 Å². The van der Waals surface area contributed by atoms with Gasteiger partial charge in [0.05, 0.1) is 10.7 Å². The first kappa shape index (κ1) is 12.5. The average Bonchev–Trinajstić information content (AvgIpc) is 2.73. The quantitative estimate of drug-likeness (QED) is 0.807. The van der Waals surface area contributed by atoms with E-state index >= 15 is 0 Å². The van der Waals surface area contributed by atoms with Crippen molar-refractivity contribution < 1.29 is 4.74 Å². The SMILES string of the molecule is Cn1ccc(COc2ccc(CBr)cc2Cl)n1. The third-order valence-electron chi connectivity index (χ3n) is 2.29. The number of rotatable bonds is 4. The van der Waals surface area contributed by atoms with E-state index in [1.54, 1.807) is 4.68 Å². The van der Waals surface area contributed by atoms with Crippen molar-refractivity contribution >= 4 is 27.5 Å². The van der Waals surface area contributed by atoms with Gasteiger partial charge >= 0.3 is 0 Å². The van der Waals surface area contributed by atoms with Crippen LogP contribution in [0.15, 0.2) is 30.5 Å². The third kappa shape index (κ3) is 3.23. The summed E-state index contributed by atoms with van der Waals surface area (Å²) in [7, 11) is 1.88. The highest BCUT2D eigenvalue weighted by Crippen LogP contribution is 2.26. The molecule has 0 aliphatic rings. The topological polar surface area (TPSA) is 27.1 Å². The van der Waals surface area contributed by atoms with Crippen LogP contribution >= 0.6 is 27.5 Å². The van der Waals surface area contributed by atoms with Crippen LogP contribution in [0.1, 0.15) is 11.3 Å². The Kier molecular flexibility index (Phi) is 4.07. The van der Waals surface area contributed by atoms with E-state index in [2.05, 4.69) is 21.0 Å². The van der Waals surface area contributed by atoms with E-state index in [4.69, 9.17) is 16.3 Å². The average molecular weight is 316 g/mol. The molecule has 90 valence electrons. The first-order chi connectivity index (χ1) is 8.19. The molecule has 0 radical (unpaired) electrons. The third-order valence-corrected chi connectivity index (χ3v) is 3.24. The van der Waals surface area contributed by atoms with Crippen molar-refractivity contribution in [1.82, 2.24) is 9.78 Å². The number of hydrogen-bond acceptors (Lipinski definition) is 2. The van der Waals surface area contributed by atoms with Crippen molar-refractivity contribution in [2.45, 2.75) is 11.9 Å². The van der Waals surface area contributed by atoms with Crippen molar-refractivity contribution in [3.63, 3.8) is 0 Å². The maximum atomic E-state index is 6.11. The van der Waals surface area contributed by atoms with Gasteiger partial charge in [0.2, 0.25) is 0 Å². The lowest BCUT2D eigenvalue weighted by Crippen LogP contribution is -1.98. The number of aryl methyl sites for hydroxylation is 1. The van der Waals surface area contributed by atoms with Gasteiger partial charge in [0.15, 0.2) is 0 Å². The summed E-state index contributed by atoms with van der Waals surface area (Å²) in [6.07, 6.45) is 1.88. The van der Waals surface area contributed by atoms with Gasteiger partial charge in [0.1, 0.15) is 12.4 Å². The molecule has 0 aliphatic carbocycles. The first-order valence-electron chi connectivity index (χ1n) is 5.15. The highest BCUT2D eigenvalue weighted by molar-refractivity contribution is 9.08. The molecule has 0 amide bonds. The predicted molar refractivity (Wildman–Crippen MR) is 71.6 cm³/mol. The van der Waals surface area contributed by atoms with Crippen LogP contribution in [-0.2, 0) is 19.0 Å². The Bertz CT molecular complexity index is 513. The van der Waals surface area contributed by atoms with Gasteiger partial charge in [-0.3, -0.25) is 4.68 Å². The monoisotopic (exact) mass is 314 g/mol. The number of benzene rings is 1. The molecule has 0 saturated carbocycles. The number of ether oxygens (including phenoxy) is 1. The van der Waals surface area contributed by atoms with Crippen molar-refractivity contribution in [3.05, 3.63) is 46.7 Å². The fourth-order valence-corrected chi connectivity index (χ4v) is 2.04. The van der Waals surface area contributed by atoms with Crippen LogP contribution in [0.2, 0.25) is 5.02 Å². The number of nitrogens with zero attached hydrogens (tertiary/aromatic N) is 2. The van der Waals surface area contributed by atoms with E-state index in [-0.39, 0.29) is 0 Å². The van der Waals surface area contributed by atoms with Gasteiger partial charge in [0, 0.05) is 18.6 Å². The second-order valence-corrected chi connectivity index (χ2v) is 4.64. The minimum Gasteiger partial charge on any atom is -0.486 e. The Morgan fingerprint density at radius 3 is 2.82 bits per heavy atom. The van der Waals surface area contributed by atoms with Crippen molar-refractivity contribution in [2.75, 3.05) is 0 Å². The smallest absolute Gasteiger partial charge is 0.138 e. The largest absolute Gasteiger partial charge is 0.486 e. The van der Waals surface area contributed by atoms with Gasteiger partial charge in [-0.2, -0.15) is 5.10 Å². The summed E-state index contributed by atoms with van der Waals surface area (Å²) in [5, 5.41) is 5.64. The van der Waals surface area contributed by atoms with Gasteiger partial charge in [-0.15, -0.1) is 0 Å². The second-order valence-electron chi connectivity index (χ2n) is 3.67. The molecular formula is C12H12BrClN2O. The molecule has 0 N–H and O–H groups in total.